The first-order valence-electron chi connectivity index (χ1n) is 5.94. The summed E-state index contributed by atoms with van der Waals surface area (Å²) < 4.78 is 5.70. The molecule has 0 aliphatic carbocycles. The molecule has 1 aromatic rings. The molecule has 16 heavy (non-hydrogen) atoms. The van der Waals surface area contributed by atoms with Crippen molar-refractivity contribution in [3.63, 3.8) is 0 Å². The zero-order valence-corrected chi connectivity index (χ0v) is 12.0. The highest BCUT2D eigenvalue weighted by Gasteiger charge is 2.04. The first-order chi connectivity index (χ1) is 7.65. The number of halogens is 1. The zero-order chi connectivity index (χ0) is 12.0. The predicted octanol–water partition coefficient (Wildman–Crippen LogP) is 4.67. The number of unbranched alkanes of at least 4 members (excludes halogenated alkanes) is 1. The van der Waals surface area contributed by atoms with Crippen molar-refractivity contribution in [1.82, 2.24) is 0 Å². The van der Waals surface area contributed by atoms with Crippen molar-refractivity contribution < 1.29 is 4.74 Å². The number of rotatable bonds is 6. The maximum Gasteiger partial charge on any atom is 0.119 e. The summed E-state index contributed by atoms with van der Waals surface area (Å²) in [6.07, 6.45) is 2.28. The molecule has 0 aliphatic heterocycles. The Morgan fingerprint density at radius 2 is 2.00 bits per heavy atom. The second kappa shape index (κ2) is 6.95. The second-order valence-corrected chi connectivity index (χ2v) is 5.21. The molecule has 1 aromatic carbocycles. The van der Waals surface area contributed by atoms with Gasteiger partial charge in [0, 0.05) is 5.33 Å². The zero-order valence-electron chi connectivity index (χ0n) is 10.4. The minimum absolute atomic E-state index is 0.586. The molecular weight excluding hydrogens is 264 g/mol. The Kier molecular flexibility index (Phi) is 5.89. The summed E-state index contributed by atoms with van der Waals surface area (Å²) >= 11 is 3.42. The lowest BCUT2D eigenvalue weighted by atomic mass is 9.98. The highest BCUT2D eigenvalue weighted by molar-refractivity contribution is 9.09. The molecule has 0 aliphatic rings. The van der Waals surface area contributed by atoms with Crippen molar-refractivity contribution >= 4 is 15.9 Å². The Bertz CT molecular complexity index is 321. The summed E-state index contributed by atoms with van der Waals surface area (Å²) in [5.41, 5.74) is 2.74. The summed E-state index contributed by atoms with van der Waals surface area (Å²) in [5, 5.41) is 1.06. The summed E-state index contributed by atoms with van der Waals surface area (Å²) in [6, 6.07) is 6.40. The van der Waals surface area contributed by atoms with E-state index in [0.717, 1.165) is 24.1 Å². The molecule has 0 saturated carbocycles. The predicted molar refractivity (Wildman–Crippen MR) is 73.8 cm³/mol. The SMILES string of the molecule is Cc1cc(OCCCCBr)ccc1C(C)C. The van der Waals surface area contributed by atoms with Crippen LogP contribution in [0.15, 0.2) is 18.2 Å². The van der Waals surface area contributed by atoms with Gasteiger partial charge in [-0.05, 0) is 48.9 Å². The van der Waals surface area contributed by atoms with Crippen molar-refractivity contribution in [2.75, 3.05) is 11.9 Å². The van der Waals surface area contributed by atoms with Crippen LogP contribution in [-0.4, -0.2) is 11.9 Å². The van der Waals surface area contributed by atoms with Crippen LogP contribution in [0.3, 0.4) is 0 Å². The van der Waals surface area contributed by atoms with E-state index in [1.165, 1.54) is 17.5 Å². The van der Waals surface area contributed by atoms with Gasteiger partial charge in [0.15, 0.2) is 0 Å². The number of hydrogen-bond acceptors (Lipinski definition) is 1. The Morgan fingerprint density at radius 1 is 1.25 bits per heavy atom. The number of ether oxygens (including phenoxy) is 1. The Labute approximate surface area is 107 Å². The standard InChI is InChI=1S/C14H21BrO/c1-11(2)14-7-6-13(10-12(14)3)16-9-5-4-8-15/h6-7,10-11H,4-5,8-9H2,1-3H3. The van der Waals surface area contributed by atoms with Gasteiger partial charge in [-0.1, -0.05) is 35.8 Å². The third kappa shape index (κ3) is 4.17. The number of alkyl halides is 1. The quantitative estimate of drug-likeness (QED) is 0.545. The summed E-state index contributed by atoms with van der Waals surface area (Å²) in [4.78, 5) is 0. The van der Waals surface area contributed by atoms with E-state index in [-0.39, 0.29) is 0 Å². The Balaban J connectivity index is 2.53. The average molecular weight is 285 g/mol. The highest BCUT2D eigenvalue weighted by atomic mass is 79.9. The van der Waals surface area contributed by atoms with E-state index in [1.807, 2.05) is 0 Å². The molecule has 0 radical (unpaired) electrons. The lowest BCUT2D eigenvalue weighted by Crippen LogP contribution is -1.99. The molecule has 0 atom stereocenters. The number of benzene rings is 1. The Morgan fingerprint density at radius 3 is 2.56 bits per heavy atom. The fourth-order valence-corrected chi connectivity index (χ4v) is 2.17. The molecule has 1 rings (SSSR count). The largest absolute Gasteiger partial charge is 0.494 e. The van der Waals surface area contributed by atoms with Crippen molar-refractivity contribution in [3.8, 4) is 5.75 Å². The van der Waals surface area contributed by atoms with E-state index in [1.54, 1.807) is 0 Å². The molecule has 0 amide bonds. The van der Waals surface area contributed by atoms with Gasteiger partial charge in [-0.15, -0.1) is 0 Å². The Hall–Kier alpha value is -0.500. The number of aryl methyl sites for hydroxylation is 1. The van der Waals surface area contributed by atoms with E-state index >= 15 is 0 Å². The fraction of sp³-hybridized carbons (Fsp3) is 0.571. The molecule has 0 saturated heterocycles. The van der Waals surface area contributed by atoms with E-state index < -0.39 is 0 Å². The van der Waals surface area contributed by atoms with Crippen molar-refractivity contribution in [2.24, 2.45) is 0 Å². The van der Waals surface area contributed by atoms with Crippen LogP contribution < -0.4 is 4.74 Å². The number of hydrogen-bond donors (Lipinski definition) is 0. The maximum atomic E-state index is 5.70. The maximum absolute atomic E-state index is 5.70. The van der Waals surface area contributed by atoms with Gasteiger partial charge < -0.3 is 4.74 Å². The van der Waals surface area contributed by atoms with Crippen LogP contribution in [0.1, 0.15) is 43.7 Å². The van der Waals surface area contributed by atoms with Crippen molar-refractivity contribution in [2.45, 2.75) is 39.5 Å². The molecular formula is C14H21BrO. The first kappa shape index (κ1) is 13.6. The van der Waals surface area contributed by atoms with Gasteiger partial charge in [-0.3, -0.25) is 0 Å². The molecule has 90 valence electrons. The summed E-state index contributed by atoms with van der Waals surface area (Å²) in [7, 11) is 0. The first-order valence-corrected chi connectivity index (χ1v) is 7.06. The molecule has 0 bridgehead atoms. The second-order valence-electron chi connectivity index (χ2n) is 4.42. The van der Waals surface area contributed by atoms with E-state index in [0.29, 0.717) is 5.92 Å². The monoisotopic (exact) mass is 284 g/mol. The van der Waals surface area contributed by atoms with Crippen molar-refractivity contribution in [3.05, 3.63) is 29.3 Å². The van der Waals surface area contributed by atoms with Crippen LogP contribution in [0.4, 0.5) is 0 Å². The van der Waals surface area contributed by atoms with E-state index in [4.69, 9.17) is 4.74 Å². The molecule has 0 heterocycles. The van der Waals surface area contributed by atoms with Gasteiger partial charge in [0.05, 0.1) is 6.61 Å². The third-order valence-electron chi connectivity index (χ3n) is 2.66. The van der Waals surface area contributed by atoms with Gasteiger partial charge in [-0.2, -0.15) is 0 Å². The van der Waals surface area contributed by atoms with Crippen LogP contribution in [0.5, 0.6) is 5.75 Å². The lowest BCUT2D eigenvalue weighted by Gasteiger charge is -2.12. The van der Waals surface area contributed by atoms with Gasteiger partial charge in [0.2, 0.25) is 0 Å². The van der Waals surface area contributed by atoms with Crippen LogP contribution in [-0.2, 0) is 0 Å². The lowest BCUT2D eigenvalue weighted by molar-refractivity contribution is 0.309. The smallest absolute Gasteiger partial charge is 0.119 e. The highest BCUT2D eigenvalue weighted by Crippen LogP contribution is 2.23. The van der Waals surface area contributed by atoms with Gasteiger partial charge in [0.1, 0.15) is 5.75 Å². The summed E-state index contributed by atoms with van der Waals surface area (Å²) in [5.74, 6) is 1.58. The average Bonchev–Trinajstić information content (AvgIpc) is 2.24. The van der Waals surface area contributed by atoms with Crippen LogP contribution >= 0.6 is 15.9 Å². The van der Waals surface area contributed by atoms with Crippen LogP contribution in [0.25, 0.3) is 0 Å². The summed E-state index contributed by atoms with van der Waals surface area (Å²) in [6.45, 7) is 7.41. The molecule has 2 heteroatoms. The van der Waals surface area contributed by atoms with Crippen LogP contribution in [0, 0.1) is 6.92 Å². The molecule has 0 unspecified atom stereocenters. The van der Waals surface area contributed by atoms with E-state index in [2.05, 4.69) is 54.9 Å². The minimum atomic E-state index is 0.586. The minimum Gasteiger partial charge on any atom is -0.494 e. The molecule has 0 spiro atoms. The van der Waals surface area contributed by atoms with Crippen LogP contribution in [0.2, 0.25) is 0 Å². The molecule has 0 aromatic heterocycles. The van der Waals surface area contributed by atoms with Gasteiger partial charge >= 0.3 is 0 Å². The van der Waals surface area contributed by atoms with Crippen molar-refractivity contribution in [1.29, 1.82) is 0 Å². The van der Waals surface area contributed by atoms with Gasteiger partial charge in [-0.25, -0.2) is 0 Å². The third-order valence-corrected chi connectivity index (χ3v) is 3.22. The van der Waals surface area contributed by atoms with Gasteiger partial charge in [0.25, 0.3) is 0 Å². The fourth-order valence-electron chi connectivity index (χ4n) is 1.77. The molecule has 0 fully saturated rings. The molecule has 0 N–H and O–H groups in total. The van der Waals surface area contributed by atoms with E-state index in [9.17, 15) is 0 Å². The topological polar surface area (TPSA) is 9.23 Å². The molecule has 1 nitrogen and oxygen atoms in total. The normalized spacial score (nSPS) is 10.8.